The highest BCUT2D eigenvalue weighted by Crippen LogP contribution is 2.37. The van der Waals surface area contributed by atoms with E-state index in [-0.39, 0.29) is 5.25 Å². The quantitative estimate of drug-likeness (QED) is 0.392. The van der Waals surface area contributed by atoms with Crippen molar-refractivity contribution in [1.82, 2.24) is 19.7 Å². The normalized spacial score (nSPS) is 13.1. The third-order valence-corrected chi connectivity index (χ3v) is 5.47. The molecule has 2 aromatic carbocycles. The molecule has 0 aliphatic carbocycles. The number of aromatic nitrogens is 4. The number of hydrogen-bond donors (Lipinski definition) is 0. The summed E-state index contributed by atoms with van der Waals surface area (Å²) in [6.07, 6.45) is -4.42. The van der Waals surface area contributed by atoms with Crippen LogP contribution in [0.1, 0.15) is 35.1 Å². The van der Waals surface area contributed by atoms with Gasteiger partial charge in [-0.25, -0.2) is 4.98 Å². The lowest BCUT2D eigenvalue weighted by molar-refractivity contribution is -0.137. The van der Waals surface area contributed by atoms with Gasteiger partial charge in [-0.15, -0.1) is 10.2 Å². The Kier molecular flexibility index (Phi) is 5.08. The van der Waals surface area contributed by atoms with Gasteiger partial charge in [0.25, 0.3) is 0 Å². The van der Waals surface area contributed by atoms with E-state index in [1.165, 1.54) is 17.8 Å². The zero-order valence-electron chi connectivity index (χ0n) is 15.6. The molecule has 0 spiro atoms. The van der Waals surface area contributed by atoms with E-state index in [1.54, 1.807) is 6.92 Å². The fraction of sp³-hybridized carbons (Fsp3) is 0.250. The molecule has 0 fully saturated rings. The molecule has 0 saturated carbocycles. The van der Waals surface area contributed by atoms with Crippen LogP contribution in [0.2, 0.25) is 0 Å². The van der Waals surface area contributed by atoms with Gasteiger partial charge in [-0.3, -0.25) is 0 Å². The fourth-order valence-corrected chi connectivity index (χ4v) is 3.93. The van der Waals surface area contributed by atoms with Crippen LogP contribution in [0.5, 0.6) is 0 Å². The first-order chi connectivity index (χ1) is 13.8. The summed E-state index contributed by atoms with van der Waals surface area (Å²) in [6.45, 7) is 4.09. The summed E-state index contributed by atoms with van der Waals surface area (Å²) in [5.74, 6) is 0.904. The maximum atomic E-state index is 13.1. The molecule has 0 amide bonds. The predicted molar refractivity (Wildman–Crippen MR) is 104 cm³/mol. The lowest BCUT2D eigenvalue weighted by Crippen LogP contribution is -2.05. The lowest BCUT2D eigenvalue weighted by atomic mass is 10.2. The molecule has 0 saturated heterocycles. The Morgan fingerprint density at radius 1 is 1.10 bits per heavy atom. The number of benzene rings is 2. The Labute approximate surface area is 169 Å². The Bertz CT molecular complexity index is 1140. The number of fused-ring (bicyclic) bond motifs is 1. The van der Waals surface area contributed by atoms with E-state index in [2.05, 4.69) is 15.2 Å². The molecule has 0 bridgehead atoms. The molecular weight excluding hydrogens is 401 g/mol. The van der Waals surface area contributed by atoms with E-state index in [0.29, 0.717) is 34.5 Å². The molecule has 0 N–H and O–H groups in total. The fourth-order valence-electron chi connectivity index (χ4n) is 2.98. The molecule has 0 aliphatic heterocycles. The summed E-state index contributed by atoms with van der Waals surface area (Å²) in [4.78, 5) is 4.49. The predicted octanol–water partition coefficient (Wildman–Crippen LogP) is 5.65. The zero-order valence-corrected chi connectivity index (χ0v) is 16.5. The number of alkyl halides is 3. The van der Waals surface area contributed by atoms with E-state index in [4.69, 9.17) is 4.42 Å². The molecule has 150 valence electrons. The SMILES string of the molecule is Cc1nnc([C@H](C)Sc2nc3cc(C(F)(F)F)ccc3n2Cc2ccccc2)o1. The highest BCUT2D eigenvalue weighted by Gasteiger charge is 2.31. The largest absolute Gasteiger partial charge is 0.424 e. The van der Waals surface area contributed by atoms with Gasteiger partial charge < -0.3 is 8.98 Å². The Balaban J connectivity index is 1.76. The summed E-state index contributed by atoms with van der Waals surface area (Å²) in [6, 6.07) is 13.3. The van der Waals surface area contributed by atoms with Gasteiger partial charge in [0.05, 0.1) is 28.4 Å². The monoisotopic (exact) mass is 418 g/mol. The van der Waals surface area contributed by atoms with E-state index in [0.717, 1.165) is 17.7 Å². The highest BCUT2D eigenvalue weighted by atomic mass is 32.2. The number of hydrogen-bond acceptors (Lipinski definition) is 5. The van der Waals surface area contributed by atoms with Gasteiger partial charge in [-0.05, 0) is 30.7 Å². The minimum Gasteiger partial charge on any atom is -0.424 e. The van der Waals surface area contributed by atoms with Crippen LogP contribution in [-0.4, -0.2) is 19.7 Å². The van der Waals surface area contributed by atoms with Crippen molar-refractivity contribution in [3.05, 3.63) is 71.4 Å². The number of halogens is 3. The minimum atomic E-state index is -4.42. The second-order valence-electron chi connectivity index (χ2n) is 6.59. The van der Waals surface area contributed by atoms with Crippen molar-refractivity contribution in [2.75, 3.05) is 0 Å². The van der Waals surface area contributed by atoms with Crippen LogP contribution >= 0.6 is 11.8 Å². The molecule has 29 heavy (non-hydrogen) atoms. The summed E-state index contributed by atoms with van der Waals surface area (Å²) < 4.78 is 46.8. The second-order valence-corrected chi connectivity index (χ2v) is 7.89. The van der Waals surface area contributed by atoms with E-state index < -0.39 is 11.7 Å². The summed E-state index contributed by atoms with van der Waals surface area (Å²) in [5, 5.41) is 8.26. The first kappa shape index (κ1) is 19.5. The van der Waals surface area contributed by atoms with Gasteiger partial charge in [-0.1, -0.05) is 42.1 Å². The van der Waals surface area contributed by atoms with Gasteiger partial charge in [0, 0.05) is 6.92 Å². The van der Waals surface area contributed by atoms with Gasteiger partial charge in [0.1, 0.15) is 0 Å². The van der Waals surface area contributed by atoms with Gasteiger partial charge in [0.2, 0.25) is 11.8 Å². The molecule has 2 heterocycles. The van der Waals surface area contributed by atoms with Gasteiger partial charge >= 0.3 is 6.18 Å². The molecule has 0 unspecified atom stereocenters. The van der Waals surface area contributed by atoms with Crippen LogP contribution in [0.15, 0.2) is 58.1 Å². The van der Waals surface area contributed by atoms with E-state index in [1.807, 2.05) is 41.8 Å². The average Bonchev–Trinajstić information content (AvgIpc) is 3.25. The molecule has 4 aromatic rings. The van der Waals surface area contributed by atoms with Crippen molar-refractivity contribution < 1.29 is 17.6 Å². The first-order valence-electron chi connectivity index (χ1n) is 8.89. The number of rotatable bonds is 5. The number of aryl methyl sites for hydroxylation is 1. The standard InChI is InChI=1S/C20H17F3N4OS/c1-12(18-26-25-13(2)28-18)29-19-24-16-10-15(20(21,22)23)8-9-17(16)27(19)11-14-6-4-3-5-7-14/h3-10,12H,11H2,1-2H3/t12-/m0/s1. The molecule has 4 rings (SSSR count). The third-order valence-electron chi connectivity index (χ3n) is 4.40. The maximum absolute atomic E-state index is 13.1. The molecule has 9 heteroatoms. The first-order valence-corrected chi connectivity index (χ1v) is 9.77. The lowest BCUT2D eigenvalue weighted by Gasteiger charge is -2.11. The van der Waals surface area contributed by atoms with Crippen LogP contribution in [0.25, 0.3) is 11.0 Å². The van der Waals surface area contributed by atoms with Crippen molar-refractivity contribution in [3.63, 3.8) is 0 Å². The number of imidazole rings is 1. The van der Waals surface area contributed by atoms with Crippen molar-refractivity contribution in [1.29, 1.82) is 0 Å². The van der Waals surface area contributed by atoms with E-state index in [9.17, 15) is 13.2 Å². The van der Waals surface area contributed by atoms with Crippen LogP contribution in [-0.2, 0) is 12.7 Å². The van der Waals surface area contributed by atoms with Gasteiger partial charge in [0.15, 0.2) is 5.16 Å². The summed E-state index contributed by atoms with van der Waals surface area (Å²) in [5.41, 5.74) is 1.24. The molecule has 0 aliphatic rings. The summed E-state index contributed by atoms with van der Waals surface area (Å²) in [7, 11) is 0. The van der Waals surface area contributed by atoms with Crippen LogP contribution in [0.4, 0.5) is 13.2 Å². The molecular formula is C20H17F3N4OS. The smallest absolute Gasteiger partial charge is 0.416 e. The number of thioether (sulfide) groups is 1. The van der Waals surface area contributed by atoms with Crippen molar-refractivity contribution in [3.8, 4) is 0 Å². The van der Waals surface area contributed by atoms with Crippen LogP contribution < -0.4 is 0 Å². The Morgan fingerprint density at radius 2 is 1.86 bits per heavy atom. The van der Waals surface area contributed by atoms with Gasteiger partial charge in [-0.2, -0.15) is 13.2 Å². The zero-order chi connectivity index (χ0) is 20.6. The van der Waals surface area contributed by atoms with Crippen LogP contribution in [0.3, 0.4) is 0 Å². The van der Waals surface area contributed by atoms with Crippen LogP contribution in [0, 0.1) is 6.92 Å². The Morgan fingerprint density at radius 3 is 2.52 bits per heavy atom. The minimum absolute atomic E-state index is 0.204. The van der Waals surface area contributed by atoms with E-state index >= 15 is 0 Å². The number of nitrogens with zero attached hydrogens (tertiary/aromatic N) is 4. The average molecular weight is 418 g/mol. The molecule has 1 atom stereocenters. The third kappa shape index (κ3) is 4.14. The highest BCUT2D eigenvalue weighted by molar-refractivity contribution is 7.99. The van der Waals surface area contributed by atoms with Crippen molar-refractivity contribution in [2.45, 2.75) is 37.0 Å². The van der Waals surface area contributed by atoms with Crippen molar-refractivity contribution in [2.24, 2.45) is 0 Å². The summed E-state index contributed by atoms with van der Waals surface area (Å²) >= 11 is 1.37. The molecule has 2 aromatic heterocycles. The second kappa shape index (κ2) is 7.55. The molecule has 5 nitrogen and oxygen atoms in total. The Hall–Kier alpha value is -2.81. The van der Waals surface area contributed by atoms with Crippen molar-refractivity contribution >= 4 is 22.8 Å². The maximum Gasteiger partial charge on any atom is 0.416 e. The topological polar surface area (TPSA) is 56.7 Å². The molecule has 0 radical (unpaired) electrons.